The molecule has 0 spiro atoms. The number of carbonyl (C=O) groups is 1. The predicted molar refractivity (Wildman–Crippen MR) is 84.2 cm³/mol. The van der Waals surface area contributed by atoms with Crippen LogP contribution in [0.1, 0.15) is 40.5 Å². The van der Waals surface area contributed by atoms with Gasteiger partial charge in [-0.15, -0.1) is 0 Å². The third kappa shape index (κ3) is 3.09. The minimum atomic E-state index is -0.276. The van der Waals surface area contributed by atoms with Gasteiger partial charge in [0, 0.05) is 38.2 Å². The van der Waals surface area contributed by atoms with Gasteiger partial charge in [-0.3, -0.25) is 9.69 Å². The van der Waals surface area contributed by atoms with Gasteiger partial charge in [0.1, 0.15) is 12.0 Å². The zero-order chi connectivity index (χ0) is 16.5. The van der Waals surface area contributed by atoms with Crippen LogP contribution in [-0.2, 0) is 19.5 Å². The van der Waals surface area contributed by atoms with Crippen LogP contribution in [0.4, 0.5) is 0 Å². The van der Waals surface area contributed by atoms with E-state index in [9.17, 15) is 9.90 Å². The molecule has 4 heterocycles. The number of carbonyl (C=O) groups excluding carboxylic acids is 1. The fourth-order valence-electron chi connectivity index (χ4n) is 3.41. The molecule has 0 unspecified atom stereocenters. The molecule has 0 bridgehead atoms. The average molecular weight is 331 g/mol. The Morgan fingerprint density at radius 3 is 3.12 bits per heavy atom. The van der Waals surface area contributed by atoms with E-state index < -0.39 is 0 Å². The third-order valence-electron chi connectivity index (χ3n) is 4.70. The number of aliphatic hydroxyl groups is 1. The number of furan rings is 1. The SMILES string of the molecule is O=C(c1coc(CN2CC[C@H](O)C2)n1)N1CCCc2occc2C1. The Kier molecular flexibility index (Phi) is 4.12. The van der Waals surface area contributed by atoms with Gasteiger partial charge in [-0.05, 0) is 18.9 Å². The smallest absolute Gasteiger partial charge is 0.276 e. The van der Waals surface area contributed by atoms with E-state index in [-0.39, 0.29) is 12.0 Å². The van der Waals surface area contributed by atoms with Crippen LogP contribution in [0.25, 0.3) is 0 Å². The van der Waals surface area contributed by atoms with Crippen LogP contribution in [-0.4, -0.2) is 51.5 Å². The predicted octanol–water partition coefficient (Wildman–Crippen LogP) is 1.42. The van der Waals surface area contributed by atoms with Gasteiger partial charge >= 0.3 is 0 Å². The maximum absolute atomic E-state index is 12.7. The first kappa shape index (κ1) is 15.4. The number of likely N-dealkylation sites (tertiary alicyclic amines) is 1. The van der Waals surface area contributed by atoms with Crippen LogP contribution in [0.5, 0.6) is 0 Å². The third-order valence-corrected chi connectivity index (χ3v) is 4.70. The molecule has 4 rings (SSSR count). The van der Waals surface area contributed by atoms with Gasteiger partial charge in [-0.1, -0.05) is 0 Å². The molecule has 7 nitrogen and oxygen atoms in total. The molecule has 1 fully saturated rings. The Balaban J connectivity index is 1.43. The van der Waals surface area contributed by atoms with Crippen molar-refractivity contribution in [3.8, 4) is 0 Å². The molecule has 1 amide bonds. The van der Waals surface area contributed by atoms with Gasteiger partial charge in [-0.25, -0.2) is 4.98 Å². The second kappa shape index (κ2) is 6.41. The lowest BCUT2D eigenvalue weighted by atomic mass is 10.2. The van der Waals surface area contributed by atoms with Crippen molar-refractivity contribution in [3.05, 3.63) is 41.5 Å². The van der Waals surface area contributed by atoms with Crippen LogP contribution in [0.3, 0.4) is 0 Å². The van der Waals surface area contributed by atoms with Crippen molar-refractivity contribution in [2.45, 2.75) is 38.5 Å². The van der Waals surface area contributed by atoms with Crippen LogP contribution in [0.15, 0.2) is 27.4 Å². The highest BCUT2D eigenvalue weighted by Gasteiger charge is 2.25. The van der Waals surface area contributed by atoms with Crippen molar-refractivity contribution in [3.63, 3.8) is 0 Å². The normalized spacial score (nSPS) is 21.7. The monoisotopic (exact) mass is 331 g/mol. The topological polar surface area (TPSA) is 83.0 Å². The standard InChI is InChI=1S/C17H21N3O4/c21-13-3-6-19(9-13)10-16-18-14(11-24-16)17(22)20-5-1-2-15-12(8-20)4-7-23-15/h4,7,11,13,21H,1-3,5-6,8-10H2/t13-/m0/s1. The number of amides is 1. The molecular formula is C17H21N3O4. The summed E-state index contributed by atoms with van der Waals surface area (Å²) in [6, 6.07) is 1.92. The summed E-state index contributed by atoms with van der Waals surface area (Å²) in [6.45, 7) is 3.20. The molecule has 2 aliphatic heterocycles. The minimum Gasteiger partial charge on any atom is -0.469 e. The molecule has 1 N–H and O–H groups in total. The summed E-state index contributed by atoms with van der Waals surface area (Å²) in [5, 5.41) is 9.57. The van der Waals surface area contributed by atoms with Gasteiger partial charge in [0.15, 0.2) is 5.69 Å². The van der Waals surface area contributed by atoms with E-state index >= 15 is 0 Å². The summed E-state index contributed by atoms with van der Waals surface area (Å²) < 4.78 is 10.9. The number of aliphatic hydroxyl groups excluding tert-OH is 1. The molecule has 2 aromatic rings. The summed E-state index contributed by atoms with van der Waals surface area (Å²) >= 11 is 0. The van der Waals surface area contributed by atoms with Crippen molar-refractivity contribution in [1.82, 2.24) is 14.8 Å². The first-order chi connectivity index (χ1) is 11.7. The average Bonchev–Trinajstić information content (AvgIpc) is 3.27. The van der Waals surface area contributed by atoms with E-state index in [4.69, 9.17) is 8.83 Å². The van der Waals surface area contributed by atoms with Crippen molar-refractivity contribution in [2.75, 3.05) is 19.6 Å². The fraction of sp³-hybridized carbons (Fsp3) is 0.529. The lowest BCUT2D eigenvalue weighted by molar-refractivity contribution is 0.0740. The fourth-order valence-corrected chi connectivity index (χ4v) is 3.41. The molecule has 0 saturated carbocycles. The van der Waals surface area contributed by atoms with E-state index in [1.807, 2.05) is 6.07 Å². The minimum absolute atomic E-state index is 0.111. The number of β-amino-alcohol motifs (C(OH)–C–C–N with tert-alkyl or cyclic N) is 1. The number of aryl methyl sites for hydroxylation is 1. The Labute approximate surface area is 139 Å². The van der Waals surface area contributed by atoms with E-state index in [0.717, 1.165) is 37.1 Å². The Bertz CT molecular complexity index is 723. The number of rotatable bonds is 3. The van der Waals surface area contributed by atoms with Gasteiger partial charge in [-0.2, -0.15) is 0 Å². The Morgan fingerprint density at radius 1 is 1.38 bits per heavy atom. The molecule has 2 aromatic heterocycles. The van der Waals surface area contributed by atoms with Gasteiger partial charge in [0.25, 0.3) is 5.91 Å². The van der Waals surface area contributed by atoms with Crippen molar-refractivity contribution < 1.29 is 18.7 Å². The van der Waals surface area contributed by atoms with Crippen molar-refractivity contribution in [1.29, 1.82) is 0 Å². The molecule has 0 aliphatic carbocycles. The molecule has 7 heteroatoms. The Hall–Kier alpha value is -2.12. The van der Waals surface area contributed by atoms with Gasteiger partial charge < -0.3 is 18.8 Å². The first-order valence-corrected chi connectivity index (χ1v) is 8.38. The number of nitrogens with zero attached hydrogens (tertiary/aromatic N) is 3. The second-order valence-electron chi connectivity index (χ2n) is 6.50. The van der Waals surface area contributed by atoms with E-state index in [1.165, 1.54) is 6.26 Å². The van der Waals surface area contributed by atoms with Crippen LogP contribution < -0.4 is 0 Å². The van der Waals surface area contributed by atoms with E-state index in [2.05, 4.69) is 9.88 Å². The largest absolute Gasteiger partial charge is 0.469 e. The summed E-state index contributed by atoms with van der Waals surface area (Å²) in [4.78, 5) is 20.9. The highest BCUT2D eigenvalue weighted by Crippen LogP contribution is 2.21. The van der Waals surface area contributed by atoms with E-state index in [1.54, 1.807) is 11.2 Å². The highest BCUT2D eigenvalue weighted by molar-refractivity contribution is 5.92. The molecule has 0 aromatic carbocycles. The van der Waals surface area contributed by atoms with E-state index in [0.29, 0.717) is 37.8 Å². The van der Waals surface area contributed by atoms with Gasteiger partial charge in [0.05, 0.1) is 18.9 Å². The number of oxazole rings is 1. The lowest BCUT2D eigenvalue weighted by Crippen LogP contribution is -2.31. The number of fused-ring (bicyclic) bond motifs is 1. The van der Waals surface area contributed by atoms with Crippen LogP contribution >= 0.6 is 0 Å². The first-order valence-electron chi connectivity index (χ1n) is 8.38. The van der Waals surface area contributed by atoms with Crippen LogP contribution in [0.2, 0.25) is 0 Å². The summed E-state index contributed by atoms with van der Waals surface area (Å²) in [5.74, 6) is 1.38. The number of hydrogen-bond donors (Lipinski definition) is 1. The summed E-state index contributed by atoms with van der Waals surface area (Å²) in [7, 11) is 0. The molecule has 1 atom stereocenters. The van der Waals surface area contributed by atoms with Crippen LogP contribution in [0, 0.1) is 0 Å². The summed E-state index contributed by atoms with van der Waals surface area (Å²) in [5.41, 5.74) is 1.41. The zero-order valence-electron chi connectivity index (χ0n) is 13.5. The maximum atomic E-state index is 12.7. The lowest BCUT2D eigenvalue weighted by Gasteiger charge is -2.18. The number of aromatic nitrogens is 1. The highest BCUT2D eigenvalue weighted by atomic mass is 16.3. The number of hydrogen-bond acceptors (Lipinski definition) is 6. The Morgan fingerprint density at radius 2 is 2.29 bits per heavy atom. The molecule has 0 radical (unpaired) electrons. The van der Waals surface area contributed by atoms with Crippen molar-refractivity contribution >= 4 is 5.91 Å². The zero-order valence-corrected chi connectivity index (χ0v) is 13.5. The van der Waals surface area contributed by atoms with Gasteiger partial charge in [0.2, 0.25) is 5.89 Å². The molecule has 24 heavy (non-hydrogen) atoms. The second-order valence-corrected chi connectivity index (χ2v) is 6.50. The molecular weight excluding hydrogens is 310 g/mol. The quantitative estimate of drug-likeness (QED) is 0.916. The van der Waals surface area contributed by atoms with Crippen molar-refractivity contribution in [2.24, 2.45) is 0 Å². The molecule has 2 aliphatic rings. The molecule has 1 saturated heterocycles. The summed E-state index contributed by atoms with van der Waals surface area (Å²) in [6.07, 6.45) is 5.34. The maximum Gasteiger partial charge on any atom is 0.276 e. The molecule has 128 valence electrons.